The number of aromatic nitrogens is 1. The Kier molecular flexibility index (Phi) is 4.76. The molecule has 1 aromatic heterocycles. The van der Waals surface area contributed by atoms with Crippen LogP contribution in [0.2, 0.25) is 0 Å². The van der Waals surface area contributed by atoms with Gasteiger partial charge in [0.1, 0.15) is 0 Å². The topological polar surface area (TPSA) is 33.2 Å². The largest absolute Gasteiger partial charge is 0.332 e. The van der Waals surface area contributed by atoms with Crippen LogP contribution < -0.4 is 0 Å². The zero-order valence-corrected chi connectivity index (χ0v) is 15.9. The second-order valence-corrected chi connectivity index (χ2v) is 7.28. The number of pyridine rings is 1. The Morgan fingerprint density at radius 2 is 1.89 bits per heavy atom. The summed E-state index contributed by atoms with van der Waals surface area (Å²) in [5.74, 6) is 0.108. The first-order valence-corrected chi connectivity index (χ1v) is 9.53. The van der Waals surface area contributed by atoms with E-state index in [1.807, 2.05) is 61.2 Å². The smallest absolute Gasteiger partial charge is 0.255 e. The molecule has 3 aromatic rings. The summed E-state index contributed by atoms with van der Waals surface area (Å²) in [5.41, 5.74) is 4.84. The van der Waals surface area contributed by atoms with Crippen molar-refractivity contribution in [2.24, 2.45) is 0 Å². The van der Waals surface area contributed by atoms with E-state index in [9.17, 15) is 4.79 Å². The summed E-state index contributed by atoms with van der Waals surface area (Å²) in [6, 6.07) is 18.5. The lowest BCUT2D eigenvalue weighted by Gasteiger charge is -2.22. The van der Waals surface area contributed by atoms with Gasteiger partial charge in [0, 0.05) is 23.7 Å². The highest BCUT2D eigenvalue weighted by Gasteiger charge is 2.33. The van der Waals surface area contributed by atoms with Gasteiger partial charge in [0.25, 0.3) is 5.91 Å². The fourth-order valence-corrected chi connectivity index (χ4v) is 3.50. The number of rotatable bonds is 5. The number of nitrogens with zero attached hydrogens (tertiary/aromatic N) is 2. The summed E-state index contributed by atoms with van der Waals surface area (Å²) in [5, 5.41) is 0.947. The van der Waals surface area contributed by atoms with Gasteiger partial charge in [0.2, 0.25) is 0 Å². The number of aryl methyl sites for hydroxylation is 2. The summed E-state index contributed by atoms with van der Waals surface area (Å²) in [7, 11) is 0. The average Bonchev–Trinajstić information content (AvgIpc) is 3.51. The Morgan fingerprint density at radius 1 is 1.11 bits per heavy atom. The molecule has 0 N–H and O–H groups in total. The van der Waals surface area contributed by atoms with Crippen molar-refractivity contribution in [2.75, 3.05) is 6.54 Å². The number of carbonyl (C=O) groups excluding carboxylic acids is 1. The summed E-state index contributed by atoms with van der Waals surface area (Å²) in [6.07, 6.45) is 6.35. The highest BCUT2D eigenvalue weighted by atomic mass is 16.2. The van der Waals surface area contributed by atoms with Gasteiger partial charge in [-0.3, -0.25) is 9.78 Å². The van der Waals surface area contributed by atoms with Gasteiger partial charge in [-0.1, -0.05) is 60.7 Å². The molecule has 3 heteroatoms. The lowest BCUT2D eigenvalue weighted by molar-refractivity contribution is 0.0764. The van der Waals surface area contributed by atoms with E-state index in [1.54, 1.807) is 0 Å². The van der Waals surface area contributed by atoms with Crippen molar-refractivity contribution < 1.29 is 4.79 Å². The monoisotopic (exact) mass is 356 g/mol. The molecule has 27 heavy (non-hydrogen) atoms. The Hall–Kier alpha value is -2.94. The Labute approximate surface area is 160 Å². The molecule has 0 spiro atoms. The van der Waals surface area contributed by atoms with Crippen LogP contribution in [-0.4, -0.2) is 28.4 Å². The summed E-state index contributed by atoms with van der Waals surface area (Å²) in [4.78, 5) is 20.1. The summed E-state index contributed by atoms with van der Waals surface area (Å²) in [6.45, 7) is 4.64. The van der Waals surface area contributed by atoms with Crippen LogP contribution in [0.3, 0.4) is 0 Å². The number of hydrogen-bond acceptors (Lipinski definition) is 2. The predicted molar refractivity (Wildman–Crippen MR) is 111 cm³/mol. The maximum Gasteiger partial charge on any atom is 0.255 e. The van der Waals surface area contributed by atoms with Crippen molar-refractivity contribution >= 4 is 22.9 Å². The van der Waals surface area contributed by atoms with Crippen LogP contribution in [-0.2, 0) is 0 Å². The zero-order chi connectivity index (χ0) is 18.8. The molecule has 0 aliphatic heterocycles. The number of carbonyl (C=O) groups is 1. The molecule has 2 aromatic carbocycles. The first kappa shape index (κ1) is 17.5. The maximum absolute atomic E-state index is 13.4. The Balaban J connectivity index is 1.64. The number of hydrogen-bond donors (Lipinski definition) is 0. The first-order chi connectivity index (χ1) is 13.1. The molecule has 0 saturated heterocycles. The standard InChI is InChI=1S/C24H24N2O/c1-17-8-6-12-21-22(16-18(2)25-23(17)21)24(27)26(20-13-14-20)15-7-11-19-9-4-3-5-10-19/h3-12,16,20H,13-15H2,1-2H3/b11-7+. The molecule has 0 bridgehead atoms. The van der Waals surface area contributed by atoms with E-state index < -0.39 is 0 Å². The van der Waals surface area contributed by atoms with Crippen LogP contribution in [0, 0.1) is 13.8 Å². The van der Waals surface area contributed by atoms with Crippen LogP contribution >= 0.6 is 0 Å². The van der Waals surface area contributed by atoms with Gasteiger partial charge >= 0.3 is 0 Å². The van der Waals surface area contributed by atoms with Crippen LogP contribution in [0.1, 0.15) is 40.0 Å². The number of benzene rings is 2. The molecular formula is C24H24N2O. The molecular weight excluding hydrogens is 332 g/mol. The Morgan fingerprint density at radius 3 is 2.63 bits per heavy atom. The normalized spacial score (nSPS) is 14.0. The Bertz CT molecular complexity index is 1000. The van der Waals surface area contributed by atoms with Crippen molar-refractivity contribution in [3.05, 3.63) is 83.1 Å². The van der Waals surface area contributed by atoms with Gasteiger partial charge in [-0.05, 0) is 43.9 Å². The summed E-state index contributed by atoms with van der Waals surface area (Å²) < 4.78 is 0. The number of fused-ring (bicyclic) bond motifs is 1. The molecule has 1 fully saturated rings. The second kappa shape index (κ2) is 7.36. The van der Waals surface area contributed by atoms with E-state index >= 15 is 0 Å². The lowest BCUT2D eigenvalue weighted by Crippen LogP contribution is -2.33. The minimum atomic E-state index is 0.108. The quantitative estimate of drug-likeness (QED) is 0.632. The second-order valence-electron chi connectivity index (χ2n) is 7.28. The molecule has 0 unspecified atom stereocenters. The molecule has 136 valence electrons. The third-order valence-electron chi connectivity index (χ3n) is 5.06. The van der Waals surface area contributed by atoms with E-state index in [0.29, 0.717) is 12.6 Å². The van der Waals surface area contributed by atoms with Crippen LogP contribution in [0.4, 0.5) is 0 Å². The zero-order valence-electron chi connectivity index (χ0n) is 15.9. The molecule has 1 aliphatic carbocycles. The predicted octanol–water partition coefficient (Wildman–Crippen LogP) is 5.17. The third-order valence-corrected chi connectivity index (χ3v) is 5.06. The van der Waals surface area contributed by atoms with Gasteiger partial charge in [0.05, 0.1) is 11.1 Å². The van der Waals surface area contributed by atoms with E-state index in [-0.39, 0.29) is 5.91 Å². The molecule has 1 saturated carbocycles. The average molecular weight is 356 g/mol. The highest BCUT2D eigenvalue weighted by Crippen LogP contribution is 2.30. The van der Waals surface area contributed by atoms with Gasteiger partial charge in [-0.15, -0.1) is 0 Å². The number of para-hydroxylation sites is 1. The van der Waals surface area contributed by atoms with Crippen molar-refractivity contribution in [1.29, 1.82) is 0 Å². The van der Waals surface area contributed by atoms with Gasteiger partial charge in [-0.25, -0.2) is 0 Å². The van der Waals surface area contributed by atoms with Crippen LogP contribution in [0.25, 0.3) is 17.0 Å². The SMILES string of the molecule is Cc1cc(C(=O)N(C/C=C/c2ccccc2)C2CC2)c2cccc(C)c2n1. The van der Waals surface area contributed by atoms with Crippen LogP contribution in [0.5, 0.6) is 0 Å². The molecule has 1 amide bonds. The molecule has 1 aliphatic rings. The highest BCUT2D eigenvalue weighted by molar-refractivity contribution is 6.07. The minimum Gasteiger partial charge on any atom is -0.332 e. The van der Waals surface area contributed by atoms with Crippen molar-refractivity contribution in [3.8, 4) is 0 Å². The summed E-state index contributed by atoms with van der Waals surface area (Å²) >= 11 is 0. The lowest BCUT2D eigenvalue weighted by atomic mass is 10.0. The molecule has 0 atom stereocenters. The third kappa shape index (κ3) is 3.77. The molecule has 3 nitrogen and oxygen atoms in total. The molecule has 0 radical (unpaired) electrons. The number of amides is 1. The van der Waals surface area contributed by atoms with E-state index in [4.69, 9.17) is 0 Å². The molecule has 1 heterocycles. The molecule has 4 rings (SSSR count). The van der Waals surface area contributed by atoms with Gasteiger partial charge in [0.15, 0.2) is 0 Å². The fraction of sp³-hybridized carbons (Fsp3) is 0.250. The first-order valence-electron chi connectivity index (χ1n) is 9.53. The van der Waals surface area contributed by atoms with E-state index in [0.717, 1.165) is 46.1 Å². The van der Waals surface area contributed by atoms with Gasteiger partial charge < -0.3 is 4.90 Å². The van der Waals surface area contributed by atoms with Crippen LogP contribution in [0.15, 0.2) is 60.7 Å². The minimum absolute atomic E-state index is 0.108. The fourth-order valence-electron chi connectivity index (χ4n) is 3.50. The van der Waals surface area contributed by atoms with Gasteiger partial charge in [-0.2, -0.15) is 0 Å². The van der Waals surface area contributed by atoms with Crippen molar-refractivity contribution in [2.45, 2.75) is 32.7 Å². The van der Waals surface area contributed by atoms with E-state index in [2.05, 4.69) is 29.3 Å². The van der Waals surface area contributed by atoms with E-state index in [1.165, 1.54) is 0 Å². The maximum atomic E-state index is 13.4. The van der Waals surface area contributed by atoms with Crippen molar-refractivity contribution in [3.63, 3.8) is 0 Å². The van der Waals surface area contributed by atoms with Crippen molar-refractivity contribution in [1.82, 2.24) is 9.88 Å².